The molecular weight excluding hydrogens is 246 g/mol. The number of benzene rings is 2. The van der Waals surface area contributed by atoms with E-state index in [2.05, 4.69) is 68.6 Å². The molecule has 1 unspecified atom stereocenters. The van der Waals surface area contributed by atoms with Crippen molar-refractivity contribution in [3.05, 3.63) is 64.7 Å². The quantitative estimate of drug-likeness (QED) is 0.880. The Kier molecular flexibility index (Phi) is 4.80. The van der Waals surface area contributed by atoms with Gasteiger partial charge in [-0.15, -0.1) is 0 Å². The predicted octanol–water partition coefficient (Wildman–Crippen LogP) is 4.16. The summed E-state index contributed by atoms with van der Waals surface area (Å²) >= 11 is 0. The molecule has 0 spiro atoms. The van der Waals surface area contributed by atoms with Gasteiger partial charge >= 0.3 is 0 Å². The standard InChI is InChI=1S/C18H23NO/c1-13-5-8-16(9-6-13)12-19-15(3)17-10-7-14(2)11-18(17)20-4/h5-11,15,19H,12H2,1-4H3. The van der Waals surface area contributed by atoms with Crippen LogP contribution >= 0.6 is 0 Å². The summed E-state index contributed by atoms with van der Waals surface area (Å²) in [6.45, 7) is 7.22. The topological polar surface area (TPSA) is 21.3 Å². The zero-order valence-electron chi connectivity index (χ0n) is 12.7. The van der Waals surface area contributed by atoms with Crippen LogP contribution in [0, 0.1) is 13.8 Å². The average Bonchev–Trinajstić information content (AvgIpc) is 2.46. The fourth-order valence-electron chi connectivity index (χ4n) is 2.26. The van der Waals surface area contributed by atoms with Crippen molar-refractivity contribution in [1.29, 1.82) is 0 Å². The van der Waals surface area contributed by atoms with Crippen LogP contribution in [0.2, 0.25) is 0 Å². The van der Waals surface area contributed by atoms with E-state index in [1.807, 2.05) is 0 Å². The summed E-state index contributed by atoms with van der Waals surface area (Å²) in [5.41, 5.74) is 5.01. The van der Waals surface area contributed by atoms with Gasteiger partial charge in [0.15, 0.2) is 0 Å². The van der Waals surface area contributed by atoms with Crippen molar-refractivity contribution in [1.82, 2.24) is 5.32 Å². The molecule has 20 heavy (non-hydrogen) atoms. The molecular formula is C18H23NO. The fraction of sp³-hybridized carbons (Fsp3) is 0.333. The third-order valence-electron chi connectivity index (χ3n) is 3.59. The highest BCUT2D eigenvalue weighted by molar-refractivity contribution is 5.39. The first-order valence-electron chi connectivity index (χ1n) is 7.03. The van der Waals surface area contributed by atoms with Crippen LogP contribution < -0.4 is 10.1 Å². The van der Waals surface area contributed by atoms with Gasteiger partial charge in [-0.2, -0.15) is 0 Å². The molecule has 0 bridgehead atoms. The zero-order valence-corrected chi connectivity index (χ0v) is 12.7. The number of rotatable bonds is 5. The number of hydrogen-bond acceptors (Lipinski definition) is 2. The summed E-state index contributed by atoms with van der Waals surface area (Å²) in [6.07, 6.45) is 0. The lowest BCUT2D eigenvalue weighted by atomic mass is 10.0. The van der Waals surface area contributed by atoms with E-state index in [0.29, 0.717) is 0 Å². The van der Waals surface area contributed by atoms with Gasteiger partial charge in [0.2, 0.25) is 0 Å². The second-order valence-electron chi connectivity index (χ2n) is 5.33. The molecule has 2 nitrogen and oxygen atoms in total. The highest BCUT2D eigenvalue weighted by atomic mass is 16.5. The van der Waals surface area contributed by atoms with E-state index in [1.165, 1.54) is 22.3 Å². The maximum Gasteiger partial charge on any atom is 0.123 e. The fourth-order valence-corrected chi connectivity index (χ4v) is 2.26. The molecule has 0 aliphatic rings. The van der Waals surface area contributed by atoms with Gasteiger partial charge < -0.3 is 10.1 Å². The maximum absolute atomic E-state index is 5.48. The van der Waals surface area contributed by atoms with Crippen molar-refractivity contribution in [2.45, 2.75) is 33.4 Å². The van der Waals surface area contributed by atoms with Crippen LogP contribution in [0.1, 0.15) is 35.2 Å². The summed E-state index contributed by atoms with van der Waals surface area (Å²) in [4.78, 5) is 0. The van der Waals surface area contributed by atoms with E-state index in [-0.39, 0.29) is 6.04 Å². The van der Waals surface area contributed by atoms with Crippen LogP contribution in [-0.2, 0) is 6.54 Å². The van der Waals surface area contributed by atoms with Gasteiger partial charge in [0.1, 0.15) is 5.75 Å². The molecule has 0 amide bonds. The molecule has 0 aliphatic carbocycles. The maximum atomic E-state index is 5.48. The van der Waals surface area contributed by atoms with E-state index in [4.69, 9.17) is 4.74 Å². The lowest BCUT2D eigenvalue weighted by Crippen LogP contribution is -2.18. The third kappa shape index (κ3) is 3.61. The Labute approximate surface area is 121 Å². The Hall–Kier alpha value is -1.80. The average molecular weight is 269 g/mol. The Morgan fingerprint density at radius 2 is 1.65 bits per heavy atom. The molecule has 2 rings (SSSR count). The second-order valence-corrected chi connectivity index (χ2v) is 5.33. The second kappa shape index (κ2) is 6.58. The largest absolute Gasteiger partial charge is 0.496 e. The first-order chi connectivity index (χ1) is 9.60. The normalized spacial score (nSPS) is 12.2. The van der Waals surface area contributed by atoms with Crippen molar-refractivity contribution >= 4 is 0 Å². The van der Waals surface area contributed by atoms with Gasteiger partial charge in [-0.1, -0.05) is 42.0 Å². The van der Waals surface area contributed by atoms with Crippen LogP contribution in [0.15, 0.2) is 42.5 Å². The molecule has 2 aromatic carbocycles. The lowest BCUT2D eigenvalue weighted by molar-refractivity contribution is 0.401. The third-order valence-corrected chi connectivity index (χ3v) is 3.59. The van der Waals surface area contributed by atoms with Crippen molar-refractivity contribution < 1.29 is 4.74 Å². The molecule has 0 aliphatic heterocycles. The molecule has 0 radical (unpaired) electrons. The van der Waals surface area contributed by atoms with Crippen LogP contribution in [0.5, 0.6) is 5.75 Å². The van der Waals surface area contributed by atoms with Crippen LogP contribution in [0.25, 0.3) is 0 Å². The smallest absolute Gasteiger partial charge is 0.123 e. The van der Waals surface area contributed by atoms with E-state index in [9.17, 15) is 0 Å². The SMILES string of the molecule is COc1cc(C)ccc1C(C)NCc1ccc(C)cc1. The first kappa shape index (κ1) is 14.6. The van der Waals surface area contributed by atoms with Gasteiger partial charge in [0, 0.05) is 18.2 Å². The molecule has 106 valence electrons. The lowest BCUT2D eigenvalue weighted by Gasteiger charge is -2.18. The predicted molar refractivity (Wildman–Crippen MR) is 84.2 cm³/mol. The van der Waals surface area contributed by atoms with Gasteiger partial charge in [0.25, 0.3) is 0 Å². The number of aryl methyl sites for hydroxylation is 2. The highest BCUT2D eigenvalue weighted by Gasteiger charge is 2.10. The van der Waals surface area contributed by atoms with Gasteiger partial charge in [0.05, 0.1) is 7.11 Å². The molecule has 1 N–H and O–H groups in total. The van der Waals surface area contributed by atoms with Gasteiger partial charge in [-0.05, 0) is 38.0 Å². The van der Waals surface area contributed by atoms with E-state index in [0.717, 1.165) is 12.3 Å². The Balaban J connectivity index is 2.04. The zero-order chi connectivity index (χ0) is 14.5. The highest BCUT2D eigenvalue weighted by Crippen LogP contribution is 2.26. The van der Waals surface area contributed by atoms with Crippen molar-refractivity contribution in [2.75, 3.05) is 7.11 Å². The monoisotopic (exact) mass is 269 g/mol. The van der Waals surface area contributed by atoms with Crippen LogP contribution in [0.4, 0.5) is 0 Å². The Morgan fingerprint density at radius 1 is 1.00 bits per heavy atom. The number of methoxy groups -OCH3 is 1. The molecule has 2 aromatic rings. The van der Waals surface area contributed by atoms with Crippen LogP contribution in [-0.4, -0.2) is 7.11 Å². The van der Waals surface area contributed by atoms with E-state index >= 15 is 0 Å². The number of hydrogen-bond donors (Lipinski definition) is 1. The Morgan fingerprint density at radius 3 is 2.30 bits per heavy atom. The van der Waals surface area contributed by atoms with Crippen molar-refractivity contribution in [3.63, 3.8) is 0 Å². The summed E-state index contributed by atoms with van der Waals surface area (Å²) < 4.78 is 5.48. The summed E-state index contributed by atoms with van der Waals surface area (Å²) in [6, 6.07) is 15.2. The minimum Gasteiger partial charge on any atom is -0.496 e. The van der Waals surface area contributed by atoms with Crippen LogP contribution in [0.3, 0.4) is 0 Å². The number of ether oxygens (including phenoxy) is 1. The summed E-state index contributed by atoms with van der Waals surface area (Å²) in [5.74, 6) is 0.953. The van der Waals surface area contributed by atoms with Crippen molar-refractivity contribution in [2.24, 2.45) is 0 Å². The molecule has 0 saturated carbocycles. The molecule has 1 atom stereocenters. The summed E-state index contributed by atoms with van der Waals surface area (Å²) in [7, 11) is 1.73. The number of nitrogens with one attached hydrogen (secondary N) is 1. The van der Waals surface area contributed by atoms with E-state index < -0.39 is 0 Å². The first-order valence-corrected chi connectivity index (χ1v) is 7.03. The Bertz CT molecular complexity index is 560. The minimum absolute atomic E-state index is 0.256. The van der Waals surface area contributed by atoms with Gasteiger partial charge in [-0.3, -0.25) is 0 Å². The van der Waals surface area contributed by atoms with E-state index in [1.54, 1.807) is 7.11 Å². The summed E-state index contributed by atoms with van der Waals surface area (Å²) in [5, 5.41) is 3.55. The van der Waals surface area contributed by atoms with Crippen molar-refractivity contribution in [3.8, 4) is 5.75 Å². The van der Waals surface area contributed by atoms with Gasteiger partial charge in [-0.25, -0.2) is 0 Å². The molecule has 0 aromatic heterocycles. The molecule has 0 fully saturated rings. The molecule has 0 heterocycles. The molecule has 0 saturated heterocycles. The minimum atomic E-state index is 0.256. The molecule has 2 heteroatoms.